The fourth-order valence-electron chi connectivity index (χ4n) is 1.32. The number of ether oxygens (including phenoxy) is 1. The van der Waals surface area contributed by atoms with Crippen LogP contribution in [-0.2, 0) is 0 Å². The third-order valence-electron chi connectivity index (χ3n) is 2.66. The predicted molar refractivity (Wildman–Crippen MR) is 75.7 cm³/mol. The molecule has 0 saturated heterocycles. The van der Waals surface area contributed by atoms with Crippen LogP contribution in [0, 0.1) is 10.1 Å². The first-order chi connectivity index (χ1) is 8.39. The van der Waals surface area contributed by atoms with Gasteiger partial charge in [-0.1, -0.05) is 0 Å². The van der Waals surface area contributed by atoms with Crippen LogP contribution in [0.2, 0.25) is 0 Å². The molecule has 1 N–H and O–H groups in total. The van der Waals surface area contributed by atoms with E-state index in [2.05, 4.69) is 19.2 Å². The van der Waals surface area contributed by atoms with Crippen LogP contribution in [0.4, 0.5) is 11.4 Å². The van der Waals surface area contributed by atoms with E-state index in [1.54, 1.807) is 23.9 Å². The zero-order valence-corrected chi connectivity index (χ0v) is 11.8. The number of methoxy groups -OCH3 is 1. The van der Waals surface area contributed by atoms with Gasteiger partial charge in [0.25, 0.3) is 5.69 Å². The molecule has 5 nitrogen and oxygen atoms in total. The van der Waals surface area contributed by atoms with Gasteiger partial charge in [-0.2, -0.15) is 11.8 Å². The van der Waals surface area contributed by atoms with E-state index in [9.17, 15) is 10.1 Å². The molecule has 6 heteroatoms. The fourth-order valence-corrected chi connectivity index (χ4v) is 1.54. The Balaban J connectivity index is 2.91. The van der Waals surface area contributed by atoms with E-state index >= 15 is 0 Å². The van der Waals surface area contributed by atoms with Crippen molar-refractivity contribution < 1.29 is 9.66 Å². The van der Waals surface area contributed by atoms with Crippen molar-refractivity contribution in [3.05, 3.63) is 28.3 Å². The second-order valence-electron chi connectivity index (χ2n) is 4.46. The lowest BCUT2D eigenvalue weighted by Gasteiger charge is -2.22. The van der Waals surface area contributed by atoms with Crippen molar-refractivity contribution in [1.29, 1.82) is 0 Å². The van der Waals surface area contributed by atoms with Crippen molar-refractivity contribution in [3.8, 4) is 5.75 Å². The van der Waals surface area contributed by atoms with Gasteiger partial charge in [0.1, 0.15) is 11.4 Å². The van der Waals surface area contributed by atoms with E-state index in [0.717, 1.165) is 0 Å². The minimum Gasteiger partial charge on any atom is -0.496 e. The molecule has 0 aliphatic rings. The van der Waals surface area contributed by atoms with Gasteiger partial charge >= 0.3 is 0 Å². The van der Waals surface area contributed by atoms with E-state index < -0.39 is 4.92 Å². The average molecular weight is 270 g/mol. The van der Waals surface area contributed by atoms with Gasteiger partial charge < -0.3 is 10.1 Å². The van der Waals surface area contributed by atoms with Crippen molar-refractivity contribution in [2.45, 2.75) is 18.6 Å². The second-order valence-corrected chi connectivity index (χ2v) is 5.97. The lowest BCUT2D eigenvalue weighted by atomic mass is 10.2. The maximum Gasteiger partial charge on any atom is 0.296 e. The van der Waals surface area contributed by atoms with E-state index in [0.29, 0.717) is 18.0 Å². The molecule has 0 aromatic heterocycles. The van der Waals surface area contributed by atoms with Crippen LogP contribution in [0.1, 0.15) is 13.8 Å². The van der Waals surface area contributed by atoms with E-state index in [-0.39, 0.29) is 10.4 Å². The molecule has 0 atom stereocenters. The first kappa shape index (κ1) is 14.6. The molecule has 0 aliphatic heterocycles. The summed E-state index contributed by atoms with van der Waals surface area (Å²) in [5.41, 5.74) is 0.550. The second kappa shape index (κ2) is 5.95. The number of nitro groups is 1. The van der Waals surface area contributed by atoms with Gasteiger partial charge in [0.05, 0.1) is 18.1 Å². The minimum atomic E-state index is -0.406. The number of thioether (sulfide) groups is 1. The average Bonchev–Trinajstić information content (AvgIpc) is 2.36. The van der Waals surface area contributed by atoms with Crippen molar-refractivity contribution in [2.24, 2.45) is 0 Å². The highest BCUT2D eigenvalue weighted by Crippen LogP contribution is 2.30. The normalized spacial score (nSPS) is 11.1. The molecule has 0 saturated carbocycles. The van der Waals surface area contributed by atoms with Crippen LogP contribution in [0.15, 0.2) is 18.2 Å². The summed E-state index contributed by atoms with van der Waals surface area (Å²) < 4.78 is 5.01. The molecule has 0 fully saturated rings. The summed E-state index contributed by atoms with van der Waals surface area (Å²) >= 11 is 1.71. The molecule has 0 bridgehead atoms. The summed E-state index contributed by atoms with van der Waals surface area (Å²) in [6.45, 7) is 4.82. The number of nitro benzene ring substituents is 1. The Hall–Kier alpha value is -1.43. The van der Waals surface area contributed by atoms with Crippen LogP contribution >= 0.6 is 11.8 Å². The number of anilines is 1. The monoisotopic (exact) mass is 270 g/mol. The van der Waals surface area contributed by atoms with Crippen LogP contribution in [-0.4, -0.2) is 29.6 Å². The molecule has 100 valence electrons. The third kappa shape index (κ3) is 3.80. The number of hydrogen-bond donors (Lipinski definition) is 1. The Morgan fingerprint density at radius 1 is 1.50 bits per heavy atom. The van der Waals surface area contributed by atoms with E-state index in [1.807, 2.05) is 6.26 Å². The van der Waals surface area contributed by atoms with Gasteiger partial charge in [-0.15, -0.1) is 0 Å². The maximum atomic E-state index is 11.0. The highest BCUT2D eigenvalue weighted by molar-refractivity contribution is 7.99. The summed E-state index contributed by atoms with van der Waals surface area (Å²) in [5.74, 6) is 0.483. The number of nitrogens with one attached hydrogen (secondary N) is 1. The minimum absolute atomic E-state index is 0.0216. The molecule has 0 aliphatic carbocycles. The number of hydrogen-bond acceptors (Lipinski definition) is 5. The molecule has 0 heterocycles. The molecule has 1 aromatic carbocycles. The lowest BCUT2D eigenvalue weighted by molar-refractivity contribution is -0.384. The summed E-state index contributed by atoms with van der Waals surface area (Å²) in [6.07, 6.45) is 2.02. The topological polar surface area (TPSA) is 64.4 Å². The molecule has 0 radical (unpaired) electrons. The van der Waals surface area contributed by atoms with Crippen molar-refractivity contribution >= 4 is 23.1 Å². The molecular weight excluding hydrogens is 252 g/mol. The molecule has 1 aromatic rings. The van der Waals surface area contributed by atoms with Crippen LogP contribution in [0.25, 0.3) is 0 Å². The Morgan fingerprint density at radius 3 is 2.67 bits per heavy atom. The molecule has 1 rings (SSSR count). The summed E-state index contributed by atoms with van der Waals surface area (Å²) in [7, 11) is 1.49. The third-order valence-corrected chi connectivity index (χ3v) is 3.91. The van der Waals surface area contributed by atoms with Gasteiger partial charge in [-0.3, -0.25) is 10.1 Å². The number of benzene rings is 1. The van der Waals surface area contributed by atoms with Crippen LogP contribution in [0.3, 0.4) is 0 Å². The van der Waals surface area contributed by atoms with Crippen LogP contribution < -0.4 is 10.1 Å². The van der Waals surface area contributed by atoms with Gasteiger partial charge in [0, 0.05) is 11.3 Å². The first-order valence-electron chi connectivity index (χ1n) is 5.51. The largest absolute Gasteiger partial charge is 0.496 e. The molecule has 0 amide bonds. The quantitative estimate of drug-likeness (QED) is 0.635. The van der Waals surface area contributed by atoms with E-state index in [1.165, 1.54) is 13.2 Å². The van der Waals surface area contributed by atoms with Gasteiger partial charge in [-0.05, 0) is 32.2 Å². The van der Waals surface area contributed by atoms with Gasteiger partial charge in [0.2, 0.25) is 0 Å². The highest BCUT2D eigenvalue weighted by atomic mass is 32.2. The Bertz CT molecular complexity index is 435. The Morgan fingerprint density at radius 2 is 2.17 bits per heavy atom. The summed E-state index contributed by atoms with van der Waals surface area (Å²) in [6, 6.07) is 4.81. The fraction of sp³-hybridized carbons (Fsp3) is 0.500. The van der Waals surface area contributed by atoms with Gasteiger partial charge in [-0.25, -0.2) is 0 Å². The lowest BCUT2D eigenvalue weighted by Crippen LogP contribution is -2.26. The first-order valence-corrected chi connectivity index (χ1v) is 6.73. The Kier molecular flexibility index (Phi) is 4.84. The van der Waals surface area contributed by atoms with Crippen molar-refractivity contribution in [3.63, 3.8) is 0 Å². The standard InChI is InChI=1S/C12H18N2O3S/c1-12(2,18-4)8-13-10-6-5-9(17-3)7-11(10)14(15)16/h5-7,13H,8H2,1-4H3. The van der Waals surface area contributed by atoms with E-state index in [4.69, 9.17) is 4.74 Å². The smallest absolute Gasteiger partial charge is 0.296 e. The SMILES string of the molecule is COc1ccc(NCC(C)(C)SC)c([N+](=O)[O-])c1. The summed E-state index contributed by atoms with van der Waals surface area (Å²) in [5, 5.41) is 14.1. The predicted octanol–water partition coefficient (Wildman–Crippen LogP) is 3.16. The molecule has 18 heavy (non-hydrogen) atoms. The van der Waals surface area contributed by atoms with Crippen molar-refractivity contribution in [1.82, 2.24) is 0 Å². The maximum absolute atomic E-state index is 11.0. The molecule has 0 unspecified atom stereocenters. The van der Waals surface area contributed by atoms with Gasteiger partial charge in [0.15, 0.2) is 0 Å². The van der Waals surface area contributed by atoms with Crippen molar-refractivity contribution in [2.75, 3.05) is 25.2 Å². The Labute approximate surface area is 111 Å². The number of rotatable bonds is 6. The molecule has 0 spiro atoms. The molecular formula is C12H18N2O3S. The zero-order valence-electron chi connectivity index (χ0n) is 11.0. The highest BCUT2D eigenvalue weighted by Gasteiger charge is 2.19. The van der Waals surface area contributed by atoms with Crippen LogP contribution in [0.5, 0.6) is 5.75 Å². The summed E-state index contributed by atoms with van der Waals surface area (Å²) in [4.78, 5) is 10.6. The number of nitrogens with zero attached hydrogens (tertiary/aromatic N) is 1. The zero-order chi connectivity index (χ0) is 13.8.